The highest BCUT2D eigenvalue weighted by molar-refractivity contribution is 8.01. The molecule has 3 aromatic rings. The zero-order chi connectivity index (χ0) is 16.1. The minimum absolute atomic E-state index is 0.0335. The number of thiazole rings is 1. The van der Waals surface area contributed by atoms with Gasteiger partial charge in [0, 0.05) is 7.11 Å². The summed E-state index contributed by atoms with van der Waals surface area (Å²) >= 11 is 3.07. The van der Waals surface area contributed by atoms with E-state index < -0.39 is 0 Å². The van der Waals surface area contributed by atoms with Gasteiger partial charge in [-0.15, -0.1) is 11.3 Å². The molecule has 0 saturated carbocycles. The maximum absolute atomic E-state index is 11.2. The number of carbonyl (C=O) groups excluding carboxylic acids is 1. The van der Waals surface area contributed by atoms with E-state index in [1.165, 1.54) is 25.1 Å². The maximum Gasteiger partial charge on any atom is 0.266 e. The van der Waals surface area contributed by atoms with E-state index >= 15 is 0 Å². The number of para-hydroxylation sites is 1. The Balaban J connectivity index is 1.62. The molecule has 0 radical (unpaired) electrons. The van der Waals surface area contributed by atoms with Crippen molar-refractivity contribution in [3.8, 4) is 0 Å². The van der Waals surface area contributed by atoms with Crippen LogP contribution in [0.2, 0.25) is 0 Å². The third-order valence-electron chi connectivity index (χ3n) is 2.72. The molecule has 118 valence electrons. The number of nitrogens with zero attached hydrogens (tertiary/aromatic N) is 2. The lowest BCUT2D eigenvalue weighted by Gasteiger charge is -1.95. The van der Waals surface area contributed by atoms with Gasteiger partial charge in [0.1, 0.15) is 12.4 Å². The Labute approximate surface area is 140 Å². The molecule has 0 saturated heterocycles. The van der Waals surface area contributed by atoms with Crippen LogP contribution in [0.25, 0.3) is 10.2 Å². The molecular weight excluding hydrogens is 334 g/mol. The monoisotopic (exact) mass is 347 g/mol. The number of ether oxygens (including phenoxy) is 1. The SMILES string of the molecule is COCC(=O)NN=Cc1ccc(Sc2nc3ccccc3s2)o1. The van der Waals surface area contributed by atoms with Crippen molar-refractivity contribution < 1.29 is 13.9 Å². The molecule has 0 aliphatic rings. The van der Waals surface area contributed by atoms with Crippen molar-refractivity contribution in [2.24, 2.45) is 5.10 Å². The van der Waals surface area contributed by atoms with Crippen LogP contribution in [0.4, 0.5) is 0 Å². The first-order valence-corrected chi connectivity index (χ1v) is 8.32. The quantitative estimate of drug-likeness (QED) is 0.547. The number of methoxy groups -OCH3 is 1. The molecule has 23 heavy (non-hydrogen) atoms. The number of nitrogens with one attached hydrogen (secondary N) is 1. The fraction of sp³-hybridized carbons (Fsp3) is 0.133. The first kappa shape index (κ1) is 15.7. The number of carbonyl (C=O) groups is 1. The predicted octanol–water partition coefficient (Wildman–Crippen LogP) is 3.14. The van der Waals surface area contributed by atoms with Gasteiger partial charge in [-0.1, -0.05) is 12.1 Å². The number of hydrazone groups is 1. The van der Waals surface area contributed by atoms with Crippen LogP contribution in [-0.2, 0) is 9.53 Å². The number of benzene rings is 1. The summed E-state index contributed by atoms with van der Waals surface area (Å²) in [7, 11) is 1.45. The number of amides is 1. The van der Waals surface area contributed by atoms with Crippen molar-refractivity contribution in [1.29, 1.82) is 0 Å². The third kappa shape index (κ3) is 4.19. The third-order valence-corrected chi connectivity index (χ3v) is 4.74. The summed E-state index contributed by atoms with van der Waals surface area (Å²) in [5.74, 6) is 0.228. The van der Waals surface area contributed by atoms with Crippen LogP contribution >= 0.6 is 23.1 Å². The first-order valence-electron chi connectivity index (χ1n) is 6.69. The Hall–Kier alpha value is -2.16. The van der Waals surface area contributed by atoms with E-state index in [1.54, 1.807) is 17.4 Å². The molecule has 0 aliphatic heterocycles. The second kappa shape index (κ2) is 7.40. The molecule has 0 unspecified atom stereocenters. The Bertz CT molecular complexity index is 808. The molecule has 0 bridgehead atoms. The molecule has 2 aromatic heterocycles. The van der Waals surface area contributed by atoms with E-state index in [4.69, 9.17) is 4.42 Å². The zero-order valence-corrected chi connectivity index (χ0v) is 13.8. The van der Waals surface area contributed by atoms with Crippen molar-refractivity contribution in [2.75, 3.05) is 13.7 Å². The minimum Gasteiger partial charge on any atom is -0.448 e. The fourth-order valence-electron chi connectivity index (χ4n) is 1.77. The van der Waals surface area contributed by atoms with Crippen LogP contribution in [0.5, 0.6) is 0 Å². The van der Waals surface area contributed by atoms with Crippen LogP contribution in [0.1, 0.15) is 5.76 Å². The number of rotatable bonds is 6. The standard InChI is InChI=1S/C15H13N3O3S2/c1-20-9-13(19)18-16-8-10-6-7-14(21-10)23-15-17-11-4-2-3-5-12(11)22-15/h2-8H,9H2,1H3,(H,18,19). The smallest absolute Gasteiger partial charge is 0.266 e. The lowest BCUT2D eigenvalue weighted by Crippen LogP contribution is -2.22. The lowest BCUT2D eigenvalue weighted by molar-refractivity contribution is -0.124. The summed E-state index contributed by atoms with van der Waals surface area (Å²) in [6, 6.07) is 11.6. The van der Waals surface area contributed by atoms with Gasteiger partial charge in [-0.3, -0.25) is 4.79 Å². The molecule has 0 atom stereocenters. The fourth-order valence-corrected chi connectivity index (χ4v) is 3.74. The number of hydrogen-bond acceptors (Lipinski definition) is 7. The Morgan fingerprint density at radius 3 is 3.13 bits per heavy atom. The summed E-state index contributed by atoms with van der Waals surface area (Å²) in [4.78, 5) is 15.7. The van der Waals surface area contributed by atoms with Gasteiger partial charge in [0.15, 0.2) is 9.43 Å². The summed E-state index contributed by atoms with van der Waals surface area (Å²) < 4.78 is 12.4. The predicted molar refractivity (Wildman–Crippen MR) is 90.1 cm³/mol. The van der Waals surface area contributed by atoms with Crippen molar-refractivity contribution in [2.45, 2.75) is 9.43 Å². The molecule has 6 nitrogen and oxygen atoms in total. The zero-order valence-electron chi connectivity index (χ0n) is 12.2. The Morgan fingerprint density at radius 2 is 2.30 bits per heavy atom. The number of fused-ring (bicyclic) bond motifs is 1. The van der Waals surface area contributed by atoms with Gasteiger partial charge in [0.25, 0.3) is 5.91 Å². The van der Waals surface area contributed by atoms with Crippen LogP contribution in [0, 0.1) is 0 Å². The van der Waals surface area contributed by atoms with Gasteiger partial charge in [0.2, 0.25) is 0 Å². The first-order chi connectivity index (χ1) is 11.2. The minimum atomic E-state index is -0.320. The highest BCUT2D eigenvalue weighted by Crippen LogP contribution is 2.34. The molecule has 1 aromatic carbocycles. The van der Waals surface area contributed by atoms with E-state index in [0.717, 1.165) is 14.6 Å². The van der Waals surface area contributed by atoms with Crippen molar-refractivity contribution in [1.82, 2.24) is 10.4 Å². The van der Waals surface area contributed by atoms with Gasteiger partial charge in [-0.25, -0.2) is 10.4 Å². The highest BCUT2D eigenvalue weighted by atomic mass is 32.2. The average Bonchev–Trinajstić information content (AvgIpc) is 3.14. The number of furan rings is 1. The van der Waals surface area contributed by atoms with Crippen LogP contribution in [0.15, 0.2) is 55.3 Å². The second-order valence-electron chi connectivity index (χ2n) is 4.43. The largest absolute Gasteiger partial charge is 0.448 e. The Kier molecular flexibility index (Phi) is 5.06. The molecule has 0 aliphatic carbocycles. The second-order valence-corrected chi connectivity index (χ2v) is 6.71. The van der Waals surface area contributed by atoms with Gasteiger partial charge in [0.05, 0.1) is 16.4 Å². The van der Waals surface area contributed by atoms with E-state index in [1.807, 2.05) is 30.3 Å². The molecule has 3 rings (SSSR count). The number of hydrogen-bond donors (Lipinski definition) is 1. The average molecular weight is 347 g/mol. The van der Waals surface area contributed by atoms with Crippen LogP contribution in [0.3, 0.4) is 0 Å². The molecule has 1 amide bonds. The molecule has 0 spiro atoms. The molecule has 2 heterocycles. The van der Waals surface area contributed by atoms with Crippen molar-refractivity contribution >= 4 is 45.4 Å². The van der Waals surface area contributed by atoms with Gasteiger partial charge in [-0.2, -0.15) is 5.10 Å². The topological polar surface area (TPSA) is 76.7 Å². The molecular formula is C15H13N3O3S2. The van der Waals surface area contributed by atoms with Gasteiger partial charge in [-0.05, 0) is 36.0 Å². The molecule has 1 N–H and O–H groups in total. The lowest BCUT2D eigenvalue weighted by atomic mass is 10.3. The van der Waals surface area contributed by atoms with Crippen LogP contribution < -0.4 is 5.43 Å². The summed E-state index contributed by atoms with van der Waals surface area (Å²) in [5.41, 5.74) is 3.32. The summed E-state index contributed by atoms with van der Waals surface area (Å²) in [6.45, 7) is -0.0335. The van der Waals surface area contributed by atoms with Gasteiger partial charge >= 0.3 is 0 Å². The molecule has 8 heteroatoms. The van der Waals surface area contributed by atoms with E-state index in [9.17, 15) is 4.79 Å². The van der Waals surface area contributed by atoms with E-state index in [-0.39, 0.29) is 12.5 Å². The van der Waals surface area contributed by atoms with Crippen molar-refractivity contribution in [3.05, 3.63) is 42.2 Å². The van der Waals surface area contributed by atoms with Crippen molar-refractivity contribution in [3.63, 3.8) is 0 Å². The van der Waals surface area contributed by atoms with E-state index in [2.05, 4.69) is 20.2 Å². The Morgan fingerprint density at radius 1 is 1.43 bits per heavy atom. The van der Waals surface area contributed by atoms with Gasteiger partial charge < -0.3 is 9.15 Å². The summed E-state index contributed by atoms with van der Waals surface area (Å²) in [6.07, 6.45) is 1.44. The molecule has 0 fully saturated rings. The number of aromatic nitrogens is 1. The normalized spacial score (nSPS) is 11.3. The highest BCUT2D eigenvalue weighted by Gasteiger charge is 2.08. The summed E-state index contributed by atoms with van der Waals surface area (Å²) in [5, 5.41) is 4.51. The van der Waals surface area contributed by atoms with Crippen LogP contribution in [-0.4, -0.2) is 30.8 Å². The van der Waals surface area contributed by atoms with E-state index in [0.29, 0.717) is 10.9 Å². The maximum atomic E-state index is 11.2.